The van der Waals surface area contributed by atoms with Crippen molar-refractivity contribution in [1.29, 1.82) is 0 Å². The van der Waals surface area contributed by atoms with E-state index in [0.717, 1.165) is 21.0 Å². The number of anilines is 1. The highest BCUT2D eigenvalue weighted by atomic mass is 32.3. The smallest absolute Gasteiger partial charge is 0.416 e. The van der Waals surface area contributed by atoms with Gasteiger partial charge in [-0.15, -0.1) is 10.8 Å². The summed E-state index contributed by atoms with van der Waals surface area (Å²) >= 11 is 0. The van der Waals surface area contributed by atoms with Crippen LogP contribution in [0.25, 0.3) is 0 Å². The molecule has 1 aromatic heterocycles. The number of benzene rings is 1. The van der Waals surface area contributed by atoms with Gasteiger partial charge in [0.25, 0.3) is 11.5 Å². The Morgan fingerprint density at radius 2 is 1.87 bits per heavy atom. The molecule has 0 bridgehead atoms. The summed E-state index contributed by atoms with van der Waals surface area (Å²) in [5.74, 6) is -1.96. The van der Waals surface area contributed by atoms with Gasteiger partial charge in [-0.25, -0.2) is 9.29 Å². The normalized spacial score (nSPS) is 17.3. The van der Waals surface area contributed by atoms with Crippen LogP contribution in [0.2, 0.25) is 0 Å². The fraction of sp³-hybridized carbons (Fsp3) is 0.389. The zero-order valence-electron chi connectivity index (χ0n) is 16.4. The molecule has 2 aromatic rings. The van der Waals surface area contributed by atoms with Crippen molar-refractivity contribution in [2.45, 2.75) is 25.6 Å². The molecule has 13 heteroatoms. The predicted molar refractivity (Wildman–Crippen MR) is 108 cm³/mol. The Hall–Kier alpha value is -2.77. The molecule has 0 saturated carbocycles. The van der Waals surface area contributed by atoms with Gasteiger partial charge in [0.05, 0.1) is 11.3 Å². The molecule has 2 heterocycles. The summed E-state index contributed by atoms with van der Waals surface area (Å²) in [5, 5.41) is 12.5. The van der Waals surface area contributed by atoms with E-state index >= 15 is 0 Å². The highest BCUT2D eigenvalue weighted by molar-refractivity contribution is 8.25. The molecule has 0 aliphatic carbocycles. The van der Waals surface area contributed by atoms with Gasteiger partial charge in [0.15, 0.2) is 5.69 Å². The van der Waals surface area contributed by atoms with Gasteiger partial charge in [0, 0.05) is 20.1 Å². The van der Waals surface area contributed by atoms with Crippen molar-refractivity contribution < 1.29 is 32.2 Å². The minimum Gasteiger partial charge on any atom is -0.501 e. The third kappa shape index (κ3) is 4.78. The number of carbonyl (C=O) groups is 1. The van der Waals surface area contributed by atoms with E-state index in [-0.39, 0.29) is 24.8 Å². The number of nitrogens with one attached hydrogen (secondary N) is 1. The summed E-state index contributed by atoms with van der Waals surface area (Å²) in [6.07, 6.45) is -3.30. The lowest BCUT2D eigenvalue weighted by molar-refractivity contribution is -0.137. The molecule has 9 nitrogen and oxygen atoms in total. The number of nitrogens with zero attached hydrogens (tertiary/aromatic N) is 3. The molecule has 0 radical (unpaired) electrons. The molecule has 0 unspecified atom stereocenters. The van der Waals surface area contributed by atoms with Crippen LogP contribution in [0.3, 0.4) is 0 Å². The van der Waals surface area contributed by atoms with Gasteiger partial charge in [-0.3, -0.25) is 23.3 Å². The lowest BCUT2D eigenvalue weighted by atomic mass is 10.1. The molecule has 0 atom stereocenters. The average molecular weight is 462 g/mol. The monoisotopic (exact) mass is 462 g/mol. The fourth-order valence-electron chi connectivity index (χ4n) is 3.08. The van der Waals surface area contributed by atoms with Crippen molar-refractivity contribution in [3.05, 3.63) is 51.4 Å². The molecule has 31 heavy (non-hydrogen) atoms. The first-order valence-corrected chi connectivity index (χ1v) is 10.9. The van der Waals surface area contributed by atoms with Crippen molar-refractivity contribution in [1.82, 2.24) is 14.9 Å². The SMILES string of the molecule is Cn1c(N2CCCCS2(O)O)nc(C(=O)NCc2ccc(C(F)(F)F)cc2)c(O)c1=O. The second-order valence-electron chi connectivity index (χ2n) is 7.00. The maximum absolute atomic E-state index is 12.6. The van der Waals surface area contributed by atoms with E-state index < -0.39 is 45.4 Å². The minimum absolute atomic E-state index is 0.0825. The number of halogens is 3. The number of aromatic hydroxyl groups is 1. The number of rotatable bonds is 4. The summed E-state index contributed by atoms with van der Waals surface area (Å²) in [5.41, 5.74) is -2.05. The number of hydrogen-bond acceptors (Lipinski definition) is 7. The zero-order valence-corrected chi connectivity index (χ0v) is 17.2. The molecule has 1 aromatic carbocycles. The van der Waals surface area contributed by atoms with Crippen LogP contribution in [-0.4, -0.2) is 42.0 Å². The Morgan fingerprint density at radius 3 is 2.45 bits per heavy atom. The molecular formula is C18H21F3N4O5S. The van der Waals surface area contributed by atoms with Crippen LogP contribution in [0.4, 0.5) is 19.1 Å². The number of alkyl halides is 3. The Kier molecular flexibility index (Phi) is 6.21. The highest BCUT2D eigenvalue weighted by Gasteiger charge is 2.32. The summed E-state index contributed by atoms with van der Waals surface area (Å²) in [6, 6.07) is 4.12. The number of hydrogen-bond donors (Lipinski definition) is 4. The summed E-state index contributed by atoms with van der Waals surface area (Å²) in [6.45, 7) is 0.0154. The molecular weight excluding hydrogens is 441 g/mol. The van der Waals surface area contributed by atoms with Gasteiger partial charge in [-0.2, -0.15) is 13.2 Å². The van der Waals surface area contributed by atoms with Gasteiger partial charge in [-0.1, -0.05) is 12.1 Å². The average Bonchev–Trinajstić information content (AvgIpc) is 2.70. The molecule has 1 aliphatic rings. The van der Waals surface area contributed by atoms with E-state index in [4.69, 9.17) is 0 Å². The third-order valence-electron chi connectivity index (χ3n) is 4.80. The van der Waals surface area contributed by atoms with Gasteiger partial charge >= 0.3 is 6.18 Å². The van der Waals surface area contributed by atoms with E-state index in [0.29, 0.717) is 18.4 Å². The van der Waals surface area contributed by atoms with E-state index in [1.165, 1.54) is 19.2 Å². The van der Waals surface area contributed by atoms with Crippen molar-refractivity contribution in [2.75, 3.05) is 16.6 Å². The Balaban J connectivity index is 1.84. The van der Waals surface area contributed by atoms with Crippen LogP contribution in [0.1, 0.15) is 34.5 Å². The van der Waals surface area contributed by atoms with Gasteiger partial charge < -0.3 is 10.4 Å². The van der Waals surface area contributed by atoms with E-state index in [1.54, 1.807) is 0 Å². The topological polar surface area (TPSA) is 128 Å². The zero-order chi connectivity index (χ0) is 23.0. The second-order valence-corrected chi connectivity index (χ2v) is 9.11. The number of carbonyl (C=O) groups excluding carboxylic acids is 1. The van der Waals surface area contributed by atoms with Crippen molar-refractivity contribution in [3.8, 4) is 5.75 Å². The van der Waals surface area contributed by atoms with E-state index in [2.05, 4.69) is 10.3 Å². The fourth-order valence-corrected chi connectivity index (χ4v) is 4.73. The Morgan fingerprint density at radius 1 is 1.23 bits per heavy atom. The van der Waals surface area contributed by atoms with Crippen LogP contribution < -0.4 is 15.2 Å². The number of amides is 1. The van der Waals surface area contributed by atoms with Crippen LogP contribution in [0, 0.1) is 0 Å². The van der Waals surface area contributed by atoms with Gasteiger partial charge in [0.1, 0.15) is 0 Å². The van der Waals surface area contributed by atoms with Crippen LogP contribution in [0.15, 0.2) is 29.1 Å². The Labute approximate surface area is 176 Å². The summed E-state index contributed by atoms with van der Waals surface area (Å²) in [7, 11) is -1.96. The summed E-state index contributed by atoms with van der Waals surface area (Å²) < 4.78 is 60.6. The first-order chi connectivity index (χ1) is 14.4. The number of aromatic nitrogens is 2. The van der Waals surface area contributed by atoms with E-state index in [9.17, 15) is 37.0 Å². The molecule has 4 N–H and O–H groups in total. The lowest BCUT2D eigenvalue weighted by Gasteiger charge is -2.46. The quantitative estimate of drug-likeness (QED) is 0.550. The molecule has 3 rings (SSSR count). The lowest BCUT2D eigenvalue weighted by Crippen LogP contribution is -2.39. The summed E-state index contributed by atoms with van der Waals surface area (Å²) in [4.78, 5) is 28.9. The maximum Gasteiger partial charge on any atom is 0.416 e. The third-order valence-corrected chi connectivity index (χ3v) is 6.69. The van der Waals surface area contributed by atoms with Gasteiger partial charge in [0.2, 0.25) is 11.7 Å². The molecule has 170 valence electrons. The molecule has 1 aliphatic heterocycles. The van der Waals surface area contributed by atoms with Crippen molar-refractivity contribution >= 4 is 22.6 Å². The first-order valence-electron chi connectivity index (χ1n) is 9.20. The van der Waals surface area contributed by atoms with Crippen molar-refractivity contribution in [3.63, 3.8) is 0 Å². The maximum atomic E-state index is 12.6. The largest absolute Gasteiger partial charge is 0.501 e. The van der Waals surface area contributed by atoms with Crippen LogP contribution in [-0.2, 0) is 19.8 Å². The molecule has 1 fully saturated rings. The van der Waals surface area contributed by atoms with Crippen molar-refractivity contribution in [2.24, 2.45) is 7.05 Å². The first kappa shape index (κ1) is 22.9. The minimum atomic E-state index is -4.48. The molecule has 1 amide bonds. The van der Waals surface area contributed by atoms with Crippen LogP contribution >= 0.6 is 10.8 Å². The molecule has 0 spiro atoms. The Bertz CT molecular complexity index is 1040. The standard InChI is InChI=1S/C18H21F3N4O5S/c1-24-16(28)14(26)13(23-17(24)25-8-2-3-9-31(25,29)30)15(27)22-10-11-4-6-12(7-5-11)18(19,20)21/h4-7,26,29-30H,2-3,8-10H2,1H3,(H,22,27). The highest BCUT2D eigenvalue weighted by Crippen LogP contribution is 2.48. The van der Waals surface area contributed by atoms with E-state index in [1.807, 2.05) is 0 Å². The predicted octanol–water partition coefficient (Wildman–Crippen LogP) is 2.70. The van der Waals surface area contributed by atoms with Gasteiger partial charge in [-0.05, 0) is 30.5 Å². The second kappa shape index (κ2) is 8.40. The van der Waals surface area contributed by atoms with Crippen LogP contribution in [0.5, 0.6) is 5.75 Å². The molecule has 1 saturated heterocycles.